The van der Waals surface area contributed by atoms with Gasteiger partial charge in [0.1, 0.15) is 11.6 Å². The highest BCUT2D eigenvalue weighted by Gasteiger charge is 2.24. The summed E-state index contributed by atoms with van der Waals surface area (Å²) in [7, 11) is 0. The van der Waals surface area contributed by atoms with Gasteiger partial charge in [0.15, 0.2) is 10.9 Å². The van der Waals surface area contributed by atoms with Crippen LogP contribution in [0.2, 0.25) is 0 Å². The number of carbonyl (C=O) groups is 2. The van der Waals surface area contributed by atoms with Gasteiger partial charge in [-0.05, 0) is 24.6 Å². The molecule has 2 aromatic carbocycles. The second-order valence-corrected chi connectivity index (χ2v) is 7.16. The normalized spacial score (nSPS) is 11.6. The van der Waals surface area contributed by atoms with E-state index in [1.165, 1.54) is 18.7 Å². The number of rotatable bonds is 8. The Hall–Kier alpha value is -3.19. The Morgan fingerprint density at radius 1 is 1.21 bits per heavy atom. The van der Waals surface area contributed by atoms with Crippen molar-refractivity contribution in [2.24, 2.45) is 0 Å². The van der Waals surface area contributed by atoms with E-state index in [0.717, 1.165) is 5.56 Å². The Labute approximate surface area is 167 Å². The lowest BCUT2D eigenvalue weighted by atomic mass is 10.1. The summed E-state index contributed by atoms with van der Waals surface area (Å²) in [4.78, 5) is 24.7. The number of hydrogen-bond donors (Lipinski definition) is 1. The van der Waals surface area contributed by atoms with Crippen LogP contribution >= 0.6 is 11.8 Å². The van der Waals surface area contributed by atoms with Crippen LogP contribution in [0.15, 0.2) is 78.7 Å². The molecule has 0 fully saturated rings. The Morgan fingerprint density at radius 2 is 2.00 bits per heavy atom. The SMILES string of the molecule is C=CCn1cnnc1S[C@@H](C(=O)Nc1cccc(C(C)=O)c1)c1ccccc1. The van der Waals surface area contributed by atoms with Gasteiger partial charge in [-0.3, -0.25) is 9.59 Å². The lowest BCUT2D eigenvalue weighted by Gasteiger charge is -2.17. The van der Waals surface area contributed by atoms with E-state index in [2.05, 4.69) is 22.1 Å². The number of thioether (sulfide) groups is 1. The molecule has 1 amide bonds. The highest BCUT2D eigenvalue weighted by atomic mass is 32.2. The zero-order valence-corrected chi connectivity index (χ0v) is 16.2. The van der Waals surface area contributed by atoms with Crippen LogP contribution < -0.4 is 5.32 Å². The minimum absolute atomic E-state index is 0.0531. The summed E-state index contributed by atoms with van der Waals surface area (Å²) in [6.45, 7) is 5.79. The third-order valence-corrected chi connectivity index (χ3v) is 5.26. The predicted octanol–water partition coefficient (Wildman–Crippen LogP) is 4.14. The number of allylic oxidation sites excluding steroid dienone is 1. The standard InChI is InChI=1S/C21H20N4O2S/c1-3-12-25-14-22-24-21(25)28-19(16-8-5-4-6-9-16)20(27)23-18-11-7-10-17(13-18)15(2)26/h3-11,13-14,19H,1,12H2,2H3,(H,23,27)/t19-/m1/s1. The average Bonchev–Trinajstić information content (AvgIpc) is 3.14. The minimum atomic E-state index is -0.532. The molecule has 3 aromatic rings. The molecule has 3 rings (SSSR count). The van der Waals surface area contributed by atoms with Gasteiger partial charge in [0, 0.05) is 17.8 Å². The van der Waals surface area contributed by atoms with Gasteiger partial charge >= 0.3 is 0 Å². The Balaban J connectivity index is 1.87. The first-order valence-electron chi connectivity index (χ1n) is 8.70. The first-order chi connectivity index (χ1) is 13.6. The molecule has 142 valence electrons. The second-order valence-electron chi connectivity index (χ2n) is 6.09. The maximum absolute atomic E-state index is 13.1. The van der Waals surface area contributed by atoms with Gasteiger partial charge < -0.3 is 9.88 Å². The number of aromatic nitrogens is 3. The molecule has 0 aliphatic rings. The van der Waals surface area contributed by atoms with E-state index in [1.54, 1.807) is 36.7 Å². The van der Waals surface area contributed by atoms with E-state index >= 15 is 0 Å². The molecule has 0 bridgehead atoms. The fourth-order valence-electron chi connectivity index (χ4n) is 2.63. The zero-order chi connectivity index (χ0) is 19.9. The monoisotopic (exact) mass is 392 g/mol. The Kier molecular flexibility index (Phi) is 6.39. The molecule has 6 nitrogen and oxygen atoms in total. The molecular formula is C21H20N4O2S. The van der Waals surface area contributed by atoms with Gasteiger partial charge in [-0.15, -0.1) is 16.8 Å². The molecule has 0 spiro atoms. The van der Waals surface area contributed by atoms with Crippen molar-refractivity contribution in [1.29, 1.82) is 0 Å². The summed E-state index contributed by atoms with van der Waals surface area (Å²) in [5.41, 5.74) is 1.97. The molecule has 0 aliphatic heterocycles. The van der Waals surface area contributed by atoms with Gasteiger partial charge in [0.25, 0.3) is 0 Å². The summed E-state index contributed by atoms with van der Waals surface area (Å²) in [5.74, 6) is -0.257. The van der Waals surface area contributed by atoms with Crippen molar-refractivity contribution in [3.8, 4) is 0 Å². The maximum atomic E-state index is 13.1. The number of benzene rings is 2. The van der Waals surface area contributed by atoms with Crippen LogP contribution in [0.5, 0.6) is 0 Å². The molecular weight excluding hydrogens is 372 g/mol. The van der Waals surface area contributed by atoms with Crippen LogP contribution in [-0.4, -0.2) is 26.5 Å². The molecule has 28 heavy (non-hydrogen) atoms. The van der Waals surface area contributed by atoms with Crippen molar-refractivity contribution < 1.29 is 9.59 Å². The lowest BCUT2D eigenvalue weighted by Crippen LogP contribution is -2.19. The van der Waals surface area contributed by atoms with Crippen LogP contribution in [0.1, 0.15) is 28.1 Å². The molecule has 1 heterocycles. The van der Waals surface area contributed by atoms with Crippen LogP contribution in [0, 0.1) is 0 Å². The molecule has 0 aliphatic carbocycles. The van der Waals surface area contributed by atoms with Crippen molar-refractivity contribution in [3.05, 3.63) is 84.7 Å². The topological polar surface area (TPSA) is 76.9 Å². The Morgan fingerprint density at radius 3 is 2.71 bits per heavy atom. The quantitative estimate of drug-likeness (QED) is 0.354. The number of nitrogens with zero attached hydrogens (tertiary/aromatic N) is 3. The lowest BCUT2D eigenvalue weighted by molar-refractivity contribution is -0.115. The first-order valence-corrected chi connectivity index (χ1v) is 9.58. The van der Waals surface area contributed by atoms with E-state index in [1.807, 2.05) is 34.9 Å². The molecule has 0 saturated heterocycles. The van der Waals surface area contributed by atoms with E-state index in [4.69, 9.17) is 0 Å². The molecule has 1 N–H and O–H groups in total. The first kappa shape index (κ1) is 19.6. The molecule has 1 atom stereocenters. The predicted molar refractivity (Wildman–Crippen MR) is 110 cm³/mol. The third kappa shape index (κ3) is 4.75. The number of anilines is 1. The molecule has 0 unspecified atom stereocenters. The van der Waals surface area contributed by atoms with Crippen LogP contribution in [0.25, 0.3) is 0 Å². The minimum Gasteiger partial charge on any atom is -0.325 e. The summed E-state index contributed by atoms with van der Waals surface area (Å²) >= 11 is 1.32. The highest BCUT2D eigenvalue weighted by molar-refractivity contribution is 8.00. The van der Waals surface area contributed by atoms with Gasteiger partial charge in [-0.25, -0.2) is 0 Å². The average molecular weight is 392 g/mol. The van der Waals surface area contributed by atoms with Crippen LogP contribution in [0.4, 0.5) is 5.69 Å². The molecule has 0 saturated carbocycles. The van der Waals surface area contributed by atoms with E-state index in [9.17, 15) is 9.59 Å². The largest absolute Gasteiger partial charge is 0.325 e. The van der Waals surface area contributed by atoms with Crippen molar-refractivity contribution in [1.82, 2.24) is 14.8 Å². The van der Waals surface area contributed by atoms with Crippen LogP contribution in [0.3, 0.4) is 0 Å². The fourth-order valence-corrected chi connectivity index (χ4v) is 3.65. The fraction of sp³-hybridized carbons (Fsp3) is 0.143. The van der Waals surface area contributed by atoms with Gasteiger partial charge in [0.05, 0.1) is 0 Å². The van der Waals surface area contributed by atoms with Gasteiger partial charge in [0.2, 0.25) is 5.91 Å². The van der Waals surface area contributed by atoms with E-state index in [-0.39, 0.29) is 11.7 Å². The summed E-state index contributed by atoms with van der Waals surface area (Å²) in [6.07, 6.45) is 3.36. The van der Waals surface area contributed by atoms with Crippen molar-refractivity contribution in [2.75, 3.05) is 5.32 Å². The summed E-state index contributed by atoms with van der Waals surface area (Å²) in [5, 5.41) is 11.1. The van der Waals surface area contributed by atoms with Crippen molar-refractivity contribution in [2.45, 2.75) is 23.9 Å². The third-order valence-electron chi connectivity index (χ3n) is 4.01. The second kappa shape index (κ2) is 9.14. The van der Waals surface area contributed by atoms with E-state index in [0.29, 0.717) is 23.0 Å². The molecule has 1 aromatic heterocycles. The van der Waals surface area contributed by atoms with Gasteiger partial charge in [-0.1, -0.05) is 60.3 Å². The highest BCUT2D eigenvalue weighted by Crippen LogP contribution is 2.35. The maximum Gasteiger partial charge on any atom is 0.242 e. The molecule has 0 radical (unpaired) electrons. The summed E-state index contributed by atoms with van der Waals surface area (Å²) in [6, 6.07) is 16.4. The number of carbonyl (C=O) groups excluding carboxylic acids is 2. The summed E-state index contributed by atoms with van der Waals surface area (Å²) < 4.78 is 1.83. The number of ketones is 1. The number of Topliss-reactive ketones (excluding diaryl/α,β-unsaturated/α-hetero) is 1. The smallest absolute Gasteiger partial charge is 0.242 e. The number of nitrogens with one attached hydrogen (secondary N) is 1. The van der Waals surface area contributed by atoms with Crippen LogP contribution in [-0.2, 0) is 11.3 Å². The van der Waals surface area contributed by atoms with Crippen molar-refractivity contribution in [3.63, 3.8) is 0 Å². The van der Waals surface area contributed by atoms with Gasteiger partial charge in [-0.2, -0.15) is 0 Å². The van der Waals surface area contributed by atoms with E-state index < -0.39 is 5.25 Å². The Bertz CT molecular complexity index is 985. The van der Waals surface area contributed by atoms with Crippen molar-refractivity contribution >= 4 is 29.1 Å². The molecule has 7 heteroatoms. The number of amides is 1. The zero-order valence-electron chi connectivity index (χ0n) is 15.4. The number of hydrogen-bond acceptors (Lipinski definition) is 5.